The number of hydrogen-bond donors (Lipinski definition) is 0. The lowest BCUT2D eigenvalue weighted by molar-refractivity contribution is -0.385. The average molecular weight is 709 g/mol. The summed E-state index contributed by atoms with van der Waals surface area (Å²) in [6, 6.07) is 23.2. The first kappa shape index (κ1) is 33.6. The van der Waals surface area contributed by atoms with E-state index in [1.165, 1.54) is 36.4 Å². The summed E-state index contributed by atoms with van der Waals surface area (Å²) in [7, 11) is 0. The number of nitrogens with zero attached hydrogens (tertiary/aromatic N) is 2. The number of rotatable bonds is 6. The molecule has 0 bridgehead atoms. The highest BCUT2D eigenvalue weighted by molar-refractivity contribution is 5.99. The largest absolute Gasteiger partial charge is 0.519 e. The fourth-order valence-electron chi connectivity index (χ4n) is 6.88. The molecule has 0 aliphatic heterocycles. The molecule has 0 N–H and O–H groups in total. The van der Waals surface area contributed by atoms with E-state index in [-0.39, 0.29) is 34.0 Å². The zero-order valence-corrected chi connectivity index (χ0v) is 28.6. The highest BCUT2D eigenvalue weighted by atomic mass is 16.7. The van der Waals surface area contributed by atoms with Crippen molar-refractivity contribution in [1.82, 2.24) is 0 Å². The quantitative estimate of drug-likeness (QED) is 0.0642. The average Bonchev–Trinajstić information content (AvgIpc) is 3.16. The molecule has 0 atom stereocenters. The summed E-state index contributed by atoms with van der Waals surface area (Å²) in [6.07, 6.45) is 13.4. The summed E-state index contributed by atoms with van der Waals surface area (Å²) in [4.78, 5) is 37.1. The van der Waals surface area contributed by atoms with E-state index >= 15 is 0 Å². The molecule has 4 aromatic carbocycles. The summed E-state index contributed by atoms with van der Waals surface area (Å²) >= 11 is 0. The predicted molar refractivity (Wildman–Crippen MR) is 206 cm³/mol. The minimum atomic E-state index is -1.13. The number of benzene rings is 4. The Bertz CT molecular complexity index is 2470. The zero-order chi connectivity index (χ0) is 37.2. The van der Waals surface area contributed by atoms with Gasteiger partial charge >= 0.3 is 6.16 Å². The maximum atomic E-state index is 13.4. The zero-order valence-electron chi connectivity index (χ0n) is 28.6. The lowest BCUT2D eigenvalue weighted by Crippen LogP contribution is -2.14. The molecule has 9 nitrogen and oxygen atoms in total. The fourth-order valence-corrected chi connectivity index (χ4v) is 6.88. The van der Waals surface area contributed by atoms with E-state index in [2.05, 4.69) is 23.7 Å². The minimum Gasteiger partial charge on any atom is -0.395 e. The Hall–Kier alpha value is -7.49. The van der Waals surface area contributed by atoms with Crippen molar-refractivity contribution in [1.29, 1.82) is 0 Å². The number of nitro groups is 2. The van der Waals surface area contributed by atoms with Crippen molar-refractivity contribution in [3.05, 3.63) is 185 Å². The van der Waals surface area contributed by atoms with E-state index in [9.17, 15) is 25.0 Å². The van der Waals surface area contributed by atoms with E-state index in [4.69, 9.17) is 9.47 Å². The second-order valence-electron chi connectivity index (χ2n) is 12.8. The maximum Gasteiger partial charge on any atom is 0.519 e. The van der Waals surface area contributed by atoms with Gasteiger partial charge in [0, 0.05) is 34.4 Å². The van der Waals surface area contributed by atoms with Gasteiger partial charge in [0.1, 0.15) is 11.5 Å². The van der Waals surface area contributed by atoms with Crippen molar-refractivity contribution < 1.29 is 24.1 Å². The van der Waals surface area contributed by atoms with Crippen molar-refractivity contribution in [2.24, 2.45) is 0 Å². The molecule has 0 heterocycles. The van der Waals surface area contributed by atoms with Crippen LogP contribution in [0.5, 0.6) is 11.5 Å². The second kappa shape index (κ2) is 14.3. The SMILES string of the molecule is O=C(Oc1ccc([N+](=O)[O-])c(/C2=C/c3ccccc3C#CC3=C2C=CCC3)c1)Oc1ccc([N+](=O)[O-])c(/C2=C/c3ccccc3C#CC3=C2C=CCC3)c1. The third-order valence-corrected chi connectivity index (χ3v) is 9.45. The first-order chi connectivity index (χ1) is 26.3. The monoisotopic (exact) mass is 708 g/mol. The molecule has 0 amide bonds. The summed E-state index contributed by atoms with van der Waals surface area (Å²) in [6.45, 7) is 0. The smallest absolute Gasteiger partial charge is 0.395 e. The van der Waals surface area contributed by atoms with Crippen LogP contribution in [0, 0.1) is 43.9 Å². The van der Waals surface area contributed by atoms with Crippen LogP contribution in [0.1, 0.15) is 59.1 Å². The number of carbonyl (C=O) groups excluding carboxylic acids is 1. The van der Waals surface area contributed by atoms with Gasteiger partial charge in [-0.1, -0.05) is 84.4 Å². The summed E-state index contributed by atoms with van der Waals surface area (Å²) in [5, 5.41) is 24.7. The molecule has 8 rings (SSSR count). The molecule has 0 saturated carbocycles. The number of hydrogen-bond acceptors (Lipinski definition) is 7. The van der Waals surface area contributed by atoms with E-state index < -0.39 is 16.0 Å². The molecule has 260 valence electrons. The third kappa shape index (κ3) is 6.66. The Morgan fingerprint density at radius 3 is 1.48 bits per heavy atom. The Morgan fingerprint density at radius 2 is 1.04 bits per heavy atom. The third-order valence-electron chi connectivity index (χ3n) is 9.45. The normalized spacial score (nSPS) is 17.0. The van der Waals surface area contributed by atoms with Gasteiger partial charge in [0.05, 0.1) is 21.0 Å². The topological polar surface area (TPSA) is 122 Å². The molecular weight excluding hydrogens is 681 g/mol. The standard InChI is InChI=1S/C45H28N2O7/c48-45(53-35-21-23-43(46(49)50)41(27-35)39-25-33-13-3-1-9-29(33)17-19-31-11-5-7-15-37(31)39)54-36-22-24-44(47(51)52)42(28-36)40-26-34-14-4-2-10-30(34)18-20-32-12-6-8-16-38(32)40/h1-4,7-10,13-16,21-28H,5-6,11-12H2/b33-25?,34-26?,39-25+,39-37?,40-26+,40-38?. The van der Waals surface area contributed by atoms with Gasteiger partial charge < -0.3 is 9.47 Å². The highest BCUT2D eigenvalue weighted by Gasteiger charge is 2.27. The number of fused-ring (bicyclic) bond motifs is 2. The first-order valence-electron chi connectivity index (χ1n) is 17.3. The Kier molecular flexibility index (Phi) is 8.89. The Labute approximate surface area is 310 Å². The minimum absolute atomic E-state index is 0.00653. The van der Waals surface area contributed by atoms with Gasteiger partial charge in [0.15, 0.2) is 0 Å². The first-order valence-corrected chi connectivity index (χ1v) is 17.3. The van der Waals surface area contributed by atoms with Crippen LogP contribution in [0.4, 0.5) is 16.2 Å². The van der Waals surface area contributed by atoms with Gasteiger partial charge in [-0.05, 0) is 108 Å². The van der Waals surface area contributed by atoms with Crippen LogP contribution >= 0.6 is 0 Å². The highest BCUT2D eigenvalue weighted by Crippen LogP contribution is 2.42. The molecule has 54 heavy (non-hydrogen) atoms. The molecule has 4 aliphatic carbocycles. The van der Waals surface area contributed by atoms with Gasteiger partial charge in [-0.2, -0.15) is 0 Å². The molecule has 9 heteroatoms. The van der Waals surface area contributed by atoms with Crippen molar-refractivity contribution in [2.75, 3.05) is 0 Å². The van der Waals surface area contributed by atoms with Crippen LogP contribution in [-0.2, 0) is 0 Å². The van der Waals surface area contributed by atoms with Crippen molar-refractivity contribution in [2.45, 2.75) is 25.7 Å². The Balaban J connectivity index is 1.15. The molecule has 4 aliphatic rings. The molecular formula is C45H28N2O7. The van der Waals surface area contributed by atoms with Gasteiger partial charge in [0.2, 0.25) is 0 Å². The maximum absolute atomic E-state index is 13.4. The van der Waals surface area contributed by atoms with Crippen LogP contribution in [0.25, 0.3) is 23.3 Å². The number of ether oxygens (including phenoxy) is 2. The lowest BCUT2D eigenvalue weighted by atomic mass is 9.85. The number of carbonyl (C=O) groups is 1. The van der Waals surface area contributed by atoms with Crippen LogP contribution in [0.15, 0.2) is 132 Å². The van der Waals surface area contributed by atoms with Crippen LogP contribution in [0.3, 0.4) is 0 Å². The summed E-state index contributed by atoms with van der Waals surface area (Å²) < 4.78 is 11.2. The van der Waals surface area contributed by atoms with Crippen LogP contribution < -0.4 is 9.47 Å². The fraction of sp³-hybridized carbons (Fsp3) is 0.0889. The van der Waals surface area contributed by atoms with E-state index in [0.29, 0.717) is 24.0 Å². The molecule has 0 radical (unpaired) electrons. The van der Waals surface area contributed by atoms with Gasteiger partial charge in [-0.15, -0.1) is 0 Å². The van der Waals surface area contributed by atoms with E-state index in [1.807, 2.05) is 85.0 Å². The van der Waals surface area contributed by atoms with Crippen molar-refractivity contribution in [3.8, 4) is 35.2 Å². The molecule has 0 saturated heterocycles. The second-order valence-corrected chi connectivity index (χ2v) is 12.8. The molecule has 4 aromatic rings. The van der Waals surface area contributed by atoms with Crippen LogP contribution in [-0.4, -0.2) is 16.0 Å². The van der Waals surface area contributed by atoms with Crippen LogP contribution in [0.2, 0.25) is 0 Å². The predicted octanol–water partition coefficient (Wildman–Crippen LogP) is 10.2. The Morgan fingerprint density at radius 1 is 0.593 bits per heavy atom. The number of nitro benzene ring substituents is 2. The van der Waals surface area contributed by atoms with Gasteiger partial charge in [-0.3, -0.25) is 20.2 Å². The lowest BCUT2D eigenvalue weighted by Gasteiger charge is -2.19. The molecule has 0 fully saturated rings. The molecule has 0 aromatic heterocycles. The van der Waals surface area contributed by atoms with Crippen molar-refractivity contribution >= 4 is 40.8 Å². The molecule has 0 unspecified atom stereocenters. The molecule has 0 spiro atoms. The summed E-state index contributed by atoms with van der Waals surface area (Å²) in [5.74, 6) is 13.0. The van der Waals surface area contributed by atoms with Gasteiger partial charge in [-0.25, -0.2) is 4.79 Å². The van der Waals surface area contributed by atoms with Gasteiger partial charge in [0.25, 0.3) is 11.4 Å². The van der Waals surface area contributed by atoms with Crippen molar-refractivity contribution in [3.63, 3.8) is 0 Å². The van der Waals surface area contributed by atoms with E-state index in [0.717, 1.165) is 57.4 Å². The van der Waals surface area contributed by atoms with E-state index in [1.54, 1.807) is 0 Å². The summed E-state index contributed by atoms with van der Waals surface area (Å²) in [5.41, 5.74) is 7.65. The number of allylic oxidation sites excluding steroid dienone is 10.